The van der Waals surface area contributed by atoms with Crippen molar-refractivity contribution in [3.05, 3.63) is 23.8 Å². The fourth-order valence-electron chi connectivity index (χ4n) is 3.76. The first-order chi connectivity index (χ1) is 13.3. The van der Waals surface area contributed by atoms with Crippen LogP contribution in [0.2, 0.25) is 0 Å². The number of carbonyl (C=O) groups excluding carboxylic acids is 2. The summed E-state index contributed by atoms with van der Waals surface area (Å²) in [6.45, 7) is 4.94. The van der Waals surface area contributed by atoms with E-state index >= 15 is 0 Å². The van der Waals surface area contributed by atoms with Crippen molar-refractivity contribution in [2.75, 3.05) is 33.2 Å². The van der Waals surface area contributed by atoms with Gasteiger partial charge in [0.15, 0.2) is 11.5 Å². The summed E-state index contributed by atoms with van der Waals surface area (Å²) in [6.07, 6.45) is 1.38. The third kappa shape index (κ3) is 3.55. The molecule has 7 nitrogen and oxygen atoms in total. The van der Waals surface area contributed by atoms with Crippen molar-refractivity contribution < 1.29 is 19.1 Å². The van der Waals surface area contributed by atoms with Crippen LogP contribution in [0.3, 0.4) is 0 Å². The maximum atomic E-state index is 13.1. The van der Waals surface area contributed by atoms with Crippen LogP contribution in [0.25, 0.3) is 0 Å². The second kappa shape index (κ2) is 7.99. The molecule has 0 aromatic heterocycles. The number of benzene rings is 1. The Morgan fingerprint density at radius 2 is 1.86 bits per heavy atom. The summed E-state index contributed by atoms with van der Waals surface area (Å²) in [7, 11) is 3.16. The molecule has 2 amide bonds. The van der Waals surface area contributed by atoms with Gasteiger partial charge in [0.05, 0.1) is 31.4 Å². The molecule has 0 unspecified atom stereocenters. The Labute approximate surface area is 170 Å². The van der Waals surface area contributed by atoms with Gasteiger partial charge in [-0.25, -0.2) is 5.01 Å². The van der Waals surface area contributed by atoms with Crippen LogP contribution < -0.4 is 9.47 Å². The molecule has 0 radical (unpaired) electrons. The maximum Gasteiger partial charge on any atom is 0.254 e. The SMILES string of the molecule is COc1ccc(C2=NN(C3CCN(C(=O)CCl)CC3)C(=O)C2(C)C)cc1OC. The van der Waals surface area contributed by atoms with E-state index in [-0.39, 0.29) is 23.7 Å². The van der Waals surface area contributed by atoms with Gasteiger partial charge >= 0.3 is 0 Å². The van der Waals surface area contributed by atoms with Crippen LogP contribution in [0, 0.1) is 5.41 Å². The van der Waals surface area contributed by atoms with E-state index in [0.717, 1.165) is 5.56 Å². The highest BCUT2D eigenvalue weighted by atomic mass is 35.5. The summed E-state index contributed by atoms with van der Waals surface area (Å²) >= 11 is 5.65. The van der Waals surface area contributed by atoms with E-state index in [0.29, 0.717) is 43.1 Å². The number of hydrazone groups is 1. The number of halogens is 1. The normalized spacial score (nSPS) is 19.6. The molecule has 0 atom stereocenters. The van der Waals surface area contributed by atoms with E-state index in [9.17, 15) is 9.59 Å². The zero-order valence-electron chi connectivity index (χ0n) is 16.7. The van der Waals surface area contributed by atoms with Crippen LogP contribution in [0.5, 0.6) is 11.5 Å². The van der Waals surface area contributed by atoms with Crippen molar-refractivity contribution in [3.8, 4) is 11.5 Å². The number of likely N-dealkylation sites (tertiary alicyclic amines) is 1. The number of rotatable bonds is 5. The van der Waals surface area contributed by atoms with Crippen LogP contribution >= 0.6 is 11.6 Å². The first-order valence-electron chi connectivity index (χ1n) is 9.32. The minimum Gasteiger partial charge on any atom is -0.493 e. The summed E-state index contributed by atoms with van der Waals surface area (Å²) in [6, 6.07) is 5.53. The standard InChI is InChI=1S/C20H26ClN3O4/c1-20(2)18(13-5-6-15(27-3)16(11-13)28-4)22-24(19(20)26)14-7-9-23(10-8-14)17(25)12-21/h5-6,11,14H,7-10,12H2,1-4H3. The molecule has 8 heteroatoms. The fourth-order valence-corrected chi connectivity index (χ4v) is 3.93. The zero-order chi connectivity index (χ0) is 20.5. The number of methoxy groups -OCH3 is 2. The Bertz CT molecular complexity index is 801. The third-order valence-corrected chi connectivity index (χ3v) is 5.71. The molecular formula is C20H26ClN3O4. The molecule has 0 aliphatic carbocycles. The molecule has 1 aromatic carbocycles. The van der Waals surface area contributed by atoms with Gasteiger partial charge in [-0.3, -0.25) is 9.59 Å². The molecule has 2 aliphatic rings. The lowest BCUT2D eigenvalue weighted by molar-refractivity contribution is -0.139. The number of carbonyl (C=O) groups is 2. The average molecular weight is 408 g/mol. The molecule has 1 saturated heterocycles. The summed E-state index contributed by atoms with van der Waals surface area (Å²) in [5.41, 5.74) is 0.786. The zero-order valence-corrected chi connectivity index (χ0v) is 17.5. The lowest BCUT2D eigenvalue weighted by atomic mass is 9.83. The van der Waals surface area contributed by atoms with Gasteiger partial charge in [0.1, 0.15) is 5.88 Å². The van der Waals surface area contributed by atoms with Crippen LogP contribution in [-0.4, -0.2) is 66.7 Å². The van der Waals surface area contributed by atoms with Gasteiger partial charge in [0.2, 0.25) is 5.91 Å². The molecule has 0 N–H and O–H groups in total. The number of alkyl halides is 1. The highest BCUT2D eigenvalue weighted by Gasteiger charge is 2.46. The molecular weight excluding hydrogens is 382 g/mol. The number of piperidine rings is 1. The first kappa shape index (κ1) is 20.5. The Balaban J connectivity index is 1.85. The van der Waals surface area contributed by atoms with Crippen molar-refractivity contribution in [1.82, 2.24) is 9.91 Å². The number of ether oxygens (including phenoxy) is 2. The molecule has 0 spiro atoms. The Morgan fingerprint density at radius 1 is 1.21 bits per heavy atom. The van der Waals surface area contributed by atoms with E-state index in [1.807, 2.05) is 32.0 Å². The van der Waals surface area contributed by atoms with Gasteiger partial charge < -0.3 is 14.4 Å². The van der Waals surface area contributed by atoms with Gasteiger partial charge in [-0.2, -0.15) is 5.10 Å². The molecule has 28 heavy (non-hydrogen) atoms. The molecule has 0 saturated carbocycles. The van der Waals surface area contributed by atoms with Crippen molar-refractivity contribution in [1.29, 1.82) is 0 Å². The lowest BCUT2D eigenvalue weighted by Gasteiger charge is -2.35. The Hall–Kier alpha value is -2.28. The van der Waals surface area contributed by atoms with Gasteiger partial charge in [-0.05, 0) is 44.9 Å². The largest absolute Gasteiger partial charge is 0.493 e. The number of hydrogen-bond donors (Lipinski definition) is 0. The summed E-state index contributed by atoms with van der Waals surface area (Å²) in [5.74, 6) is 1.11. The Kier molecular flexibility index (Phi) is 5.84. The van der Waals surface area contributed by atoms with E-state index < -0.39 is 5.41 Å². The lowest BCUT2D eigenvalue weighted by Crippen LogP contribution is -2.48. The second-order valence-corrected chi connectivity index (χ2v) is 7.81. The van der Waals surface area contributed by atoms with Crippen molar-refractivity contribution in [3.63, 3.8) is 0 Å². The van der Waals surface area contributed by atoms with Crippen molar-refractivity contribution >= 4 is 29.1 Å². The van der Waals surface area contributed by atoms with Gasteiger partial charge in [-0.1, -0.05) is 0 Å². The molecule has 1 fully saturated rings. The van der Waals surface area contributed by atoms with Crippen LogP contribution in [-0.2, 0) is 9.59 Å². The number of amides is 2. The second-order valence-electron chi connectivity index (χ2n) is 7.54. The van der Waals surface area contributed by atoms with Gasteiger partial charge in [-0.15, -0.1) is 11.6 Å². The summed E-state index contributed by atoms with van der Waals surface area (Å²) in [4.78, 5) is 26.6. The summed E-state index contributed by atoms with van der Waals surface area (Å²) < 4.78 is 10.7. The molecule has 2 heterocycles. The number of hydrogen-bond acceptors (Lipinski definition) is 5. The van der Waals surface area contributed by atoms with E-state index in [1.165, 1.54) is 0 Å². The van der Waals surface area contributed by atoms with Crippen LogP contribution in [0.1, 0.15) is 32.3 Å². The van der Waals surface area contributed by atoms with Crippen LogP contribution in [0.4, 0.5) is 0 Å². The van der Waals surface area contributed by atoms with Gasteiger partial charge in [0, 0.05) is 18.7 Å². The monoisotopic (exact) mass is 407 g/mol. The highest BCUT2D eigenvalue weighted by molar-refractivity contribution is 6.27. The molecule has 152 valence electrons. The summed E-state index contributed by atoms with van der Waals surface area (Å²) in [5, 5.41) is 6.32. The molecule has 2 aliphatic heterocycles. The molecule has 1 aromatic rings. The van der Waals surface area contributed by atoms with Crippen LogP contribution in [0.15, 0.2) is 23.3 Å². The minimum absolute atomic E-state index is 0.0120. The quantitative estimate of drug-likeness (QED) is 0.703. The highest BCUT2D eigenvalue weighted by Crippen LogP contribution is 2.37. The number of nitrogens with zero attached hydrogens (tertiary/aromatic N) is 3. The first-order valence-corrected chi connectivity index (χ1v) is 9.85. The van der Waals surface area contributed by atoms with Crippen molar-refractivity contribution in [2.24, 2.45) is 10.5 Å². The van der Waals surface area contributed by atoms with Crippen molar-refractivity contribution in [2.45, 2.75) is 32.7 Å². The van der Waals surface area contributed by atoms with E-state index in [2.05, 4.69) is 0 Å². The van der Waals surface area contributed by atoms with Gasteiger partial charge in [0.25, 0.3) is 5.91 Å². The maximum absolute atomic E-state index is 13.1. The third-order valence-electron chi connectivity index (χ3n) is 5.48. The fraction of sp³-hybridized carbons (Fsp3) is 0.550. The Morgan fingerprint density at radius 3 is 2.43 bits per heavy atom. The van der Waals surface area contributed by atoms with E-state index in [1.54, 1.807) is 24.1 Å². The molecule has 3 rings (SSSR count). The topological polar surface area (TPSA) is 71.4 Å². The predicted molar refractivity (Wildman–Crippen MR) is 107 cm³/mol. The predicted octanol–water partition coefficient (Wildman–Crippen LogP) is 2.51. The van der Waals surface area contributed by atoms with E-state index in [4.69, 9.17) is 26.2 Å². The average Bonchev–Trinajstić information content (AvgIpc) is 2.96. The molecule has 0 bridgehead atoms. The minimum atomic E-state index is -0.747. The smallest absolute Gasteiger partial charge is 0.254 e.